The van der Waals surface area contributed by atoms with Crippen molar-refractivity contribution in [2.45, 2.75) is 65.1 Å². The second-order valence-electron chi connectivity index (χ2n) is 6.99. The molecule has 0 aliphatic carbocycles. The minimum Gasteiger partial charge on any atom is -0.298 e. The first-order valence-electron chi connectivity index (χ1n) is 7.34. The Morgan fingerprint density at radius 3 is 1.71 bits per heavy atom. The van der Waals surface area contributed by atoms with Crippen molar-refractivity contribution < 1.29 is 0 Å². The predicted molar refractivity (Wildman–Crippen MR) is 74.2 cm³/mol. The smallest absolute Gasteiger partial charge is 0.0228 e. The van der Waals surface area contributed by atoms with E-state index in [-0.39, 0.29) is 0 Å². The first-order chi connectivity index (χ1) is 7.87. The molecule has 2 heteroatoms. The lowest BCUT2D eigenvalue weighted by molar-refractivity contribution is -0.0361. The Morgan fingerprint density at radius 2 is 1.35 bits per heavy atom. The molecular weight excluding hydrogens is 208 g/mol. The summed E-state index contributed by atoms with van der Waals surface area (Å²) < 4.78 is 0. The second-order valence-corrected chi connectivity index (χ2v) is 6.99. The van der Waals surface area contributed by atoms with Crippen molar-refractivity contribution in [1.82, 2.24) is 9.80 Å². The molecule has 0 amide bonds. The fourth-order valence-electron chi connectivity index (χ4n) is 3.90. The van der Waals surface area contributed by atoms with E-state index in [4.69, 9.17) is 0 Å². The average Bonchev–Trinajstić information content (AvgIpc) is 2.52. The fraction of sp³-hybridized carbons (Fsp3) is 1.00. The zero-order valence-electron chi connectivity index (χ0n) is 12.5. The van der Waals surface area contributed by atoms with Crippen LogP contribution in [0.25, 0.3) is 0 Å². The summed E-state index contributed by atoms with van der Waals surface area (Å²) in [5.41, 5.74) is 0.363. The van der Waals surface area contributed by atoms with Gasteiger partial charge in [0.25, 0.3) is 0 Å². The van der Waals surface area contributed by atoms with Gasteiger partial charge in [-0.25, -0.2) is 0 Å². The Morgan fingerprint density at radius 1 is 0.941 bits per heavy atom. The third kappa shape index (κ3) is 2.04. The minimum atomic E-state index is 0.363. The van der Waals surface area contributed by atoms with Gasteiger partial charge in [-0.2, -0.15) is 0 Å². The molecule has 2 atom stereocenters. The number of likely N-dealkylation sites (N-methyl/N-ethyl adjacent to an activating group) is 1. The summed E-state index contributed by atoms with van der Waals surface area (Å²) >= 11 is 0. The van der Waals surface area contributed by atoms with Crippen LogP contribution in [0.1, 0.15) is 47.5 Å². The van der Waals surface area contributed by atoms with Gasteiger partial charge in [-0.3, -0.25) is 9.80 Å². The van der Waals surface area contributed by atoms with Crippen LogP contribution in [0.4, 0.5) is 0 Å². The Bertz CT molecular complexity index is 250. The molecule has 2 fully saturated rings. The minimum absolute atomic E-state index is 0.363. The molecule has 17 heavy (non-hydrogen) atoms. The highest BCUT2D eigenvalue weighted by Crippen LogP contribution is 2.38. The first-order valence-corrected chi connectivity index (χ1v) is 7.34. The lowest BCUT2D eigenvalue weighted by Crippen LogP contribution is -2.63. The molecule has 2 aliphatic heterocycles. The largest absolute Gasteiger partial charge is 0.298 e. The van der Waals surface area contributed by atoms with E-state index in [0.717, 1.165) is 23.9 Å². The molecule has 0 aromatic rings. The maximum absolute atomic E-state index is 2.80. The summed E-state index contributed by atoms with van der Waals surface area (Å²) in [6.07, 6.45) is 2.81. The molecule has 0 aromatic heterocycles. The predicted octanol–water partition coefficient (Wildman–Crippen LogP) is 2.84. The highest BCUT2D eigenvalue weighted by Gasteiger charge is 2.46. The van der Waals surface area contributed by atoms with Gasteiger partial charge in [0.15, 0.2) is 0 Å². The fourth-order valence-corrected chi connectivity index (χ4v) is 3.90. The molecule has 0 aromatic carbocycles. The van der Waals surface area contributed by atoms with Crippen molar-refractivity contribution in [3.63, 3.8) is 0 Å². The number of hydrogen-bond donors (Lipinski definition) is 0. The summed E-state index contributed by atoms with van der Waals surface area (Å²) in [5.74, 6) is 1.45. The number of likely N-dealkylation sites (tertiary alicyclic amines) is 1. The summed E-state index contributed by atoms with van der Waals surface area (Å²) in [7, 11) is 2.32. The van der Waals surface area contributed by atoms with Crippen molar-refractivity contribution in [1.29, 1.82) is 0 Å². The highest BCUT2D eigenvalue weighted by molar-refractivity contribution is 5.01. The molecule has 100 valence electrons. The van der Waals surface area contributed by atoms with Gasteiger partial charge in [-0.1, -0.05) is 27.7 Å². The second kappa shape index (κ2) is 4.55. The SMILES string of the molecule is CC(C)C(C)(C(C)C)N1CC2CCC(C1)N2C. The van der Waals surface area contributed by atoms with Gasteiger partial charge in [-0.05, 0) is 38.6 Å². The first kappa shape index (κ1) is 13.4. The summed E-state index contributed by atoms with van der Waals surface area (Å²) in [4.78, 5) is 5.42. The van der Waals surface area contributed by atoms with Crippen LogP contribution >= 0.6 is 0 Å². The summed E-state index contributed by atoms with van der Waals surface area (Å²) in [5, 5.41) is 0. The quantitative estimate of drug-likeness (QED) is 0.746. The Labute approximate surface area is 107 Å². The van der Waals surface area contributed by atoms with Crippen molar-refractivity contribution in [3.8, 4) is 0 Å². The van der Waals surface area contributed by atoms with Crippen LogP contribution in [0, 0.1) is 11.8 Å². The van der Waals surface area contributed by atoms with Crippen molar-refractivity contribution in [2.24, 2.45) is 11.8 Å². The molecule has 0 saturated carbocycles. The van der Waals surface area contributed by atoms with Crippen LogP contribution in [-0.4, -0.2) is 47.6 Å². The van der Waals surface area contributed by atoms with Crippen LogP contribution in [0.5, 0.6) is 0 Å². The molecule has 2 aliphatic rings. The Hall–Kier alpha value is -0.0800. The van der Waals surface area contributed by atoms with Gasteiger partial charge in [0, 0.05) is 30.7 Å². The topological polar surface area (TPSA) is 6.48 Å². The third-order valence-electron chi connectivity index (χ3n) is 5.87. The number of piperazine rings is 1. The van der Waals surface area contributed by atoms with Crippen LogP contribution in [-0.2, 0) is 0 Å². The van der Waals surface area contributed by atoms with Gasteiger partial charge in [0.2, 0.25) is 0 Å². The van der Waals surface area contributed by atoms with Crippen LogP contribution in [0.3, 0.4) is 0 Å². The summed E-state index contributed by atoms with van der Waals surface area (Å²) in [6.45, 7) is 14.6. The zero-order chi connectivity index (χ0) is 12.8. The third-order valence-corrected chi connectivity index (χ3v) is 5.87. The van der Waals surface area contributed by atoms with Gasteiger partial charge >= 0.3 is 0 Å². The van der Waals surface area contributed by atoms with Gasteiger partial charge < -0.3 is 0 Å². The average molecular weight is 238 g/mol. The number of hydrogen-bond acceptors (Lipinski definition) is 2. The molecule has 0 radical (unpaired) electrons. The van der Waals surface area contributed by atoms with E-state index in [1.54, 1.807) is 0 Å². The molecule has 2 heterocycles. The molecule has 2 bridgehead atoms. The monoisotopic (exact) mass is 238 g/mol. The van der Waals surface area contributed by atoms with E-state index < -0.39 is 0 Å². The van der Waals surface area contributed by atoms with E-state index >= 15 is 0 Å². The van der Waals surface area contributed by atoms with E-state index in [1.807, 2.05) is 0 Å². The van der Waals surface area contributed by atoms with E-state index in [9.17, 15) is 0 Å². The van der Waals surface area contributed by atoms with Gasteiger partial charge in [0.1, 0.15) is 0 Å². The van der Waals surface area contributed by atoms with Crippen LogP contribution in [0.15, 0.2) is 0 Å². The maximum Gasteiger partial charge on any atom is 0.0228 e. The Kier molecular flexibility index (Phi) is 3.57. The number of fused-ring (bicyclic) bond motifs is 2. The maximum atomic E-state index is 2.80. The van der Waals surface area contributed by atoms with Gasteiger partial charge in [-0.15, -0.1) is 0 Å². The van der Waals surface area contributed by atoms with E-state index in [2.05, 4.69) is 51.5 Å². The number of nitrogens with zero attached hydrogens (tertiary/aromatic N) is 2. The molecule has 0 spiro atoms. The van der Waals surface area contributed by atoms with E-state index in [1.165, 1.54) is 25.9 Å². The molecule has 0 N–H and O–H groups in total. The zero-order valence-corrected chi connectivity index (χ0v) is 12.5. The molecule has 2 saturated heterocycles. The molecular formula is C15H30N2. The van der Waals surface area contributed by atoms with Crippen molar-refractivity contribution in [3.05, 3.63) is 0 Å². The van der Waals surface area contributed by atoms with E-state index in [0.29, 0.717) is 5.54 Å². The van der Waals surface area contributed by atoms with Gasteiger partial charge in [0.05, 0.1) is 0 Å². The lowest BCUT2D eigenvalue weighted by atomic mass is 9.76. The number of rotatable bonds is 3. The Balaban J connectivity index is 2.17. The standard InChI is InChI=1S/C15H30N2/c1-11(2)15(5,12(3)4)17-9-13-7-8-14(10-17)16(13)6/h11-14H,7-10H2,1-6H3. The molecule has 2 rings (SSSR count). The van der Waals surface area contributed by atoms with Crippen molar-refractivity contribution >= 4 is 0 Å². The molecule has 2 unspecified atom stereocenters. The lowest BCUT2D eigenvalue weighted by Gasteiger charge is -2.52. The van der Waals surface area contributed by atoms with Crippen molar-refractivity contribution in [2.75, 3.05) is 20.1 Å². The van der Waals surface area contributed by atoms with Crippen LogP contribution in [0.2, 0.25) is 0 Å². The normalized spacial score (nSPS) is 31.8. The summed E-state index contributed by atoms with van der Waals surface area (Å²) in [6, 6.07) is 1.62. The molecule has 2 nitrogen and oxygen atoms in total. The highest BCUT2D eigenvalue weighted by atomic mass is 15.3. The van der Waals surface area contributed by atoms with Crippen LogP contribution < -0.4 is 0 Å².